The normalized spacial score (nSPS) is 18.7. The number of aliphatic hydroxyl groups is 1. The Morgan fingerprint density at radius 3 is 2.38 bits per heavy atom. The SMILES string of the molecule is COc1ccc(CNC(=O)CC2CC(N3CCCN(C(c4ccccc4)c4ccc(Cl)cc4)CC3)=C2O)cc1. The average molecular weight is 546 g/mol. The van der Waals surface area contributed by atoms with Crippen LogP contribution in [0.15, 0.2) is 90.3 Å². The Bertz CT molecular complexity index is 1280. The summed E-state index contributed by atoms with van der Waals surface area (Å²) in [5.41, 5.74) is 4.50. The van der Waals surface area contributed by atoms with Gasteiger partial charge in [-0.2, -0.15) is 0 Å². The summed E-state index contributed by atoms with van der Waals surface area (Å²) < 4.78 is 5.18. The lowest BCUT2D eigenvalue weighted by Crippen LogP contribution is -2.38. The third-order valence-corrected chi connectivity index (χ3v) is 8.03. The van der Waals surface area contributed by atoms with Crippen molar-refractivity contribution in [1.82, 2.24) is 15.1 Å². The van der Waals surface area contributed by atoms with E-state index in [1.807, 2.05) is 42.5 Å². The third-order valence-electron chi connectivity index (χ3n) is 7.78. The van der Waals surface area contributed by atoms with Gasteiger partial charge in [0.2, 0.25) is 5.91 Å². The monoisotopic (exact) mass is 545 g/mol. The summed E-state index contributed by atoms with van der Waals surface area (Å²) in [6.45, 7) is 4.04. The number of benzene rings is 3. The van der Waals surface area contributed by atoms with Gasteiger partial charge >= 0.3 is 0 Å². The highest BCUT2D eigenvalue weighted by molar-refractivity contribution is 6.30. The molecular formula is C32H36ClN3O3. The number of methoxy groups -OCH3 is 1. The molecule has 2 atom stereocenters. The number of hydrogen-bond acceptors (Lipinski definition) is 5. The third kappa shape index (κ3) is 6.57. The molecule has 1 aliphatic heterocycles. The number of amides is 1. The van der Waals surface area contributed by atoms with Crippen LogP contribution in [-0.2, 0) is 11.3 Å². The first-order chi connectivity index (χ1) is 19.0. The minimum Gasteiger partial charge on any atom is -0.510 e. The highest BCUT2D eigenvalue weighted by Crippen LogP contribution is 2.38. The Morgan fingerprint density at radius 1 is 0.974 bits per heavy atom. The lowest BCUT2D eigenvalue weighted by molar-refractivity contribution is -0.122. The first kappa shape index (κ1) is 27.1. The molecule has 0 saturated carbocycles. The Hall–Kier alpha value is -3.48. The van der Waals surface area contributed by atoms with Gasteiger partial charge in [0.15, 0.2) is 0 Å². The minimum absolute atomic E-state index is 0.0443. The van der Waals surface area contributed by atoms with E-state index in [0.717, 1.165) is 61.1 Å². The molecule has 1 aliphatic carbocycles. The maximum Gasteiger partial charge on any atom is 0.221 e. The molecule has 1 fully saturated rings. The highest BCUT2D eigenvalue weighted by atomic mass is 35.5. The van der Waals surface area contributed by atoms with Crippen LogP contribution in [0, 0.1) is 5.92 Å². The summed E-state index contributed by atoms with van der Waals surface area (Å²) in [6.07, 6.45) is 2.04. The molecule has 39 heavy (non-hydrogen) atoms. The van der Waals surface area contributed by atoms with Gasteiger partial charge in [-0.3, -0.25) is 9.69 Å². The summed E-state index contributed by atoms with van der Waals surface area (Å²) in [5.74, 6) is 1.01. The molecule has 3 aromatic carbocycles. The maximum absolute atomic E-state index is 12.5. The number of hydrogen-bond donors (Lipinski definition) is 2. The number of carbonyl (C=O) groups excluding carboxylic acids is 1. The average Bonchev–Trinajstić information content (AvgIpc) is 3.21. The van der Waals surface area contributed by atoms with E-state index in [9.17, 15) is 9.90 Å². The van der Waals surface area contributed by atoms with Crippen LogP contribution >= 0.6 is 11.6 Å². The zero-order valence-electron chi connectivity index (χ0n) is 22.4. The van der Waals surface area contributed by atoms with E-state index in [4.69, 9.17) is 16.3 Å². The molecule has 0 bridgehead atoms. The summed E-state index contributed by atoms with van der Waals surface area (Å²) in [7, 11) is 1.63. The van der Waals surface area contributed by atoms with Crippen molar-refractivity contribution >= 4 is 17.5 Å². The van der Waals surface area contributed by atoms with E-state index < -0.39 is 0 Å². The zero-order chi connectivity index (χ0) is 27.2. The van der Waals surface area contributed by atoms with E-state index >= 15 is 0 Å². The number of rotatable bonds is 9. The molecule has 0 aromatic heterocycles. The van der Waals surface area contributed by atoms with Crippen LogP contribution in [0.2, 0.25) is 5.02 Å². The first-order valence-corrected chi connectivity index (χ1v) is 14.0. The Morgan fingerprint density at radius 2 is 1.69 bits per heavy atom. The van der Waals surface area contributed by atoms with Crippen molar-refractivity contribution in [3.05, 3.63) is 112 Å². The van der Waals surface area contributed by atoms with Gasteiger partial charge in [0.05, 0.1) is 18.8 Å². The van der Waals surface area contributed by atoms with E-state index in [1.54, 1.807) is 7.11 Å². The fourth-order valence-electron chi connectivity index (χ4n) is 5.60. The highest BCUT2D eigenvalue weighted by Gasteiger charge is 2.35. The molecule has 0 spiro atoms. The van der Waals surface area contributed by atoms with Gasteiger partial charge in [-0.1, -0.05) is 66.2 Å². The van der Waals surface area contributed by atoms with E-state index in [2.05, 4.69) is 51.5 Å². The van der Waals surface area contributed by atoms with Gasteiger partial charge < -0.3 is 20.1 Å². The van der Waals surface area contributed by atoms with Crippen molar-refractivity contribution in [2.75, 3.05) is 33.3 Å². The number of nitrogens with one attached hydrogen (secondary N) is 1. The predicted octanol–water partition coefficient (Wildman–Crippen LogP) is 5.94. The summed E-state index contributed by atoms with van der Waals surface area (Å²) >= 11 is 6.19. The summed E-state index contributed by atoms with van der Waals surface area (Å²) in [5, 5.41) is 14.6. The molecule has 6 nitrogen and oxygen atoms in total. The number of ether oxygens (including phenoxy) is 1. The van der Waals surface area contributed by atoms with Gasteiger partial charge in [0.25, 0.3) is 0 Å². The van der Waals surface area contributed by atoms with Crippen molar-refractivity contribution in [1.29, 1.82) is 0 Å². The Labute approximate surface area is 235 Å². The molecule has 1 heterocycles. The van der Waals surface area contributed by atoms with Gasteiger partial charge in [0, 0.05) is 56.5 Å². The molecule has 204 valence electrons. The second-order valence-electron chi connectivity index (χ2n) is 10.3. The van der Waals surface area contributed by atoms with Gasteiger partial charge in [0.1, 0.15) is 11.5 Å². The quantitative estimate of drug-likeness (QED) is 0.348. The van der Waals surface area contributed by atoms with Crippen LogP contribution in [0.1, 0.15) is 42.0 Å². The molecule has 2 unspecified atom stereocenters. The second kappa shape index (κ2) is 12.6. The summed E-state index contributed by atoms with van der Waals surface area (Å²) in [4.78, 5) is 17.4. The van der Waals surface area contributed by atoms with Crippen LogP contribution < -0.4 is 10.1 Å². The summed E-state index contributed by atoms with van der Waals surface area (Å²) in [6, 6.07) is 26.6. The topological polar surface area (TPSA) is 65.0 Å². The van der Waals surface area contributed by atoms with Crippen LogP contribution in [-0.4, -0.2) is 54.1 Å². The largest absolute Gasteiger partial charge is 0.510 e. The minimum atomic E-state index is -0.110. The molecule has 5 rings (SSSR count). The first-order valence-electron chi connectivity index (χ1n) is 13.6. The van der Waals surface area contributed by atoms with Gasteiger partial charge in [-0.15, -0.1) is 0 Å². The molecule has 1 saturated heterocycles. The standard InChI is InChI=1S/C32H36ClN3O3/c1-39-28-14-8-23(9-15-28)22-34-30(37)21-26-20-29(32(26)38)35-16-5-17-36(19-18-35)31(24-6-3-2-4-7-24)25-10-12-27(33)13-11-25/h2-4,6-15,26,31,38H,5,16-22H2,1H3,(H,34,37). The number of aliphatic hydroxyl groups excluding tert-OH is 1. The van der Waals surface area contributed by atoms with Crippen molar-refractivity contribution in [2.24, 2.45) is 5.92 Å². The van der Waals surface area contributed by atoms with Crippen molar-refractivity contribution in [3.8, 4) is 5.75 Å². The molecule has 7 heteroatoms. The zero-order valence-corrected chi connectivity index (χ0v) is 23.1. The molecule has 3 aromatic rings. The second-order valence-corrected chi connectivity index (χ2v) is 10.7. The van der Waals surface area contributed by atoms with Crippen LogP contribution in [0.3, 0.4) is 0 Å². The molecule has 2 N–H and O–H groups in total. The number of halogens is 1. The van der Waals surface area contributed by atoms with Gasteiger partial charge in [-0.25, -0.2) is 0 Å². The van der Waals surface area contributed by atoms with E-state index in [-0.39, 0.29) is 17.9 Å². The molecule has 2 aliphatic rings. The lowest BCUT2D eigenvalue weighted by Gasteiger charge is -2.37. The fraction of sp³-hybridized carbons (Fsp3) is 0.344. The molecule has 0 radical (unpaired) electrons. The Balaban J connectivity index is 1.18. The van der Waals surface area contributed by atoms with E-state index in [0.29, 0.717) is 18.7 Å². The fourth-order valence-corrected chi connectivity index (χ4v) is 5.73. The number of nitrogens with zero attached hydrogens (tertiary/aromatic N) is 2. The Kier molecular flexibility index (Phi) is 8.74. The van der Waals surface area contributed by atoms with Crippen LogP contribution in [0.4, 0.5) is 0 Å². The molecule has 1 amide bonds. The van der Waals surface area contributed by atoms with Crippen molar-refractivity contribution in [3.63, 3.8) is 0 Å². The van der Waals surface area contributed by atoms with Crippen LogP contribution in [0.5, 0.6) is 5.75 Å². The van der Waals surface area contributed by atoms with Gasteiger partial charge in [-0.05, 0) is 47.4 Å². The van der Waals surface area contributed by atoms with Crippen molar-refractivity contribution in [2.45, 2.75) is 31.8 Å². The predicted molar refractivity (Wildman–Crippen MR) is 155 cm³/mol. The maximum atomic E-state index is 12.5. The smallest absolute Gasteiger partial charge is 0.221 e. The number of allylic oxidation sites excluding steroid dienone is 2. The van der Waals surface area contributed by atoms with Crippen molar-refractivity contribution < 1.29 is 14.6 Å². The number of carbonyl (C=O) groups is 1. The van der Waals surface area contributed by atoms with E-state index in [1.165, 1.54) is 11.1 Å². The lowest BCUT2D eigenvalue weighted by atomic mass is 9.84. The van der Waals surface area contributed by atoms with Crippen LogP contribution in [0.25, 0.3) is 0 Å². The molecular weight excluding hydrogens is 510 g/mol.